The molecule has 0 fully saturated rings. The monoisotopic (exact) mass is 432 g/mol. The molecular formula is C22H20N6O2S. The van der Waals surface area contributed by atoms with E-state index in [0.717, 1.165) is 38.8 Å². The van der Waals surface area contributed by atoms with Gasteiger partial charge >= 0.3 is 0 Å². The Morgan fingerprint density at radius 2 is 2.16 bits per heavy atom. The number of aromatic nitrogens is 5. The van der Waals surface area contributed by atoms with Crippen LogP contribution in [0.2, 0.25) is 0 Å². The molecule has 9 heteroatoms. The van der Waals surface area contributed by atoms with Crippen LogP contribution in [0, 0.1) is 0 Å². The summed E-state index contributed by atoms with van der Waals surface area (Å²) in [7, 11) is 0. The van der Waals surface area contributed by atoms with Crippen molar-refractivity contribution < 1.29 is 9.53 Å². The van der Waals surface area contributed by atoms with Crippen molar-refractivity contribution in [3.63, 3.8) is 0 Å². The van der Waals surface area contributed by atoms with E-state index in [9.17, 15) is 4.79 Å². The van der Waals surface area contributed by atoms with Gasteiger partial charge in [-0.1, -0.05) is 18.2 Å². The molecule has 0 spiro atoms. The molecule has 6 rings (SSSR count). The number of rotatable bonds is 3. The highest BCUT2D eigenvalue weighted by atomic mass is 32.1. The fourth-order valence-corrected chi connectivity index (χ4v) is 5.44. The summed E-state index contributed by atoms with van der Waals surface area (Å²) in [5.41, 5.74) is 9.06. The zero-order valence-corrected chi connectivity index (χ0v) is 17.9. The minimum Gasteiger partial charge on any atom is -0.370 e. The predicted molar refractivity (Wildman–Crippen MR) is 119 cm³/mol. The third-order valence-corrected chi connectivity index (χ3v) is 6.88. The molecule has 2 N–H and O–H groups in total. The number of primary amides is 1. The number of ether oxygens (including phenoxy) is 1. The first kappa shape index (κ1) is 18.5. The number of carbonyl (C=O) groups is 1. The van der Waals surface area contributed by atoms with Crippen molar-refractivity contribution in [2.75, 3.05) is 0 Å². The lowest BCUT2D eigenvalue weighted by Gasteiger charge is -2.30. The standard InChI is InChI=1S/C22H20N6O2S/c1-22(2)7-13-16(10-30-22)31-21-18(13)20-25-19(26-28(20)11-24-21)14-8-27(9-17(23)29)15-6-4-3-5-12(14)15/h3-6,8,11H,7,9-10H2,1-2H3,(H2,23,29). The van der Waals surface area contributed by atoms with Gasteiger partial charge in [0.15, 0.2) is 11.5 Å². The predicted octanol–water partition coefficient (Wildman–Crippen LogP) is 3.30. The molecule has 0 atom stereocenters. The zero-order chi connectivity index (χ0) is 21.3. The number of carbonyl (C=O) groups excluding carboxylic acids is 1. The van der Waals surface area contributed by atoms with Crippen molar-refractivity contribution >= 4 is 44.0 Å². The number of para-hydroxylation sites is 1. The first-order valence-corrected chi connectivity index (χ1v) is 10.9. The van der Waals surface area contributed by atoms with Crippen LogP contribution in [0.4, 0.5) is 0 Å². The Kier molecular flexibility index (Phi) is 3.78. The number of thiophene rings is 1. The molecule has 1 aliphatic heterocycles. The van der Waals surface area contributed by atoms with E-state index in [2.05, 4.69) is 18.8 Å². The Morgan fingerprint density at radius 1 is 1.32 bits per heavy atom. The quantitative estimate of drug-likeness (QED) is 0.471. The van der Waals surface area contributed by atoms with Gasteiger partial charge in [0.05, 0.1) is 17.6 Å². The van der Waals surface area contributed by atoms with Gasteiger partial charge in [0, 0.05) is 34.0 Å². The van der Waals surface area contributed by atoms with E-state index in [1.54, 1.807) is 22.2 Å². The van der Waals surface area contributed by atoms with E-state index in [1.807, 2.05) is 35.0 Å². The van der Waals surface area contributed by atoms with Gasteiger partial charge in [-0.15, -0.1) is 16.4 Å². The average molecular weight is 433 g/mol. The molecule has 1 amide bonds. The summed E-state index contributed by atoms with van der Waals surface area (Å²) in [5, 5.41) is 6.76. The van der Waals surface area contributed by atoms with Gasteiger partial charge in [-0.05, 0) is 25.5 Å². The van der Waals surface area contributed by atoms with E-state index in [1.165, 1.54) is 10.4 Å². The van der Waals surface area contributed by atoms with E-state index in [4.69, 9.17) is 20.6 Å². The SMILES string of the molecule is CC1(C)Cc2c(sc3ncn4nc(-c5cn(CC(N)=O)c6ccccc56)nc4c23)CO1. The highest BCUT2D eigenvalue weighted by Crippen LogP contribution is 2.40. The van der Waals surface area contributed by atoms with Crippen molar-refractivity contribution in [1.29, 1.82) is 0 Å². The van der Waals surface area contributed by atoms with Crippen LogP contribution in [-0.4, -0.2) is 35.7 Å². The summed E-state index contributed by atoms with van der Waals surface area (Å²) in [6.07, 6.45) is 4.42. The summed E-state index contributed by atoms with van der Waals surface area (Å²) in [4.78, 5) is 23.3. The average Bonchev–Trinajstić information content (AvgIpc) is 3.40. The van der Waals surface area contributed by atoms with E-state index in [-0.39, 0.29) is 12.1 Å². The van der Waals surface area contributed by atoms with Crippen LogP contribution in [0.25, 0.3) is 38.2 Å². The van der Waals surface area contributed by atoms with Crippen LogP contribution in [0.3, 0.4) is 0 Å². The minimum absolute atomic E-state index is 0.104. The Bertz CT molecular complexity index is 1510. The number of amides is 1. The first-order chi connectivity index (χ1) is 14.9. The second-order valence-corrected chi connectivity index (χ2v) is 9.60. The Balaban J connectivity index is 1.58. The Morgan fingerprint density at radius 3 is 3.00 bits per heavy atom. The van der Waals surface area contributed by atoms with E-state index < -0.39 is 5.91 Å². The summed E-state index contributed by atoms with van der Waals surface area (Å²) in [6, 6.07) is 7.88. The molecule has 4 aromatic heterocycles. The van der Waals surface area contributed by atoms with Gasteiger partial charge < -0.3 is 15.0 Å². The lowest BCUT2D eigenvalue weighted by molar-refractivity contribution is -0.118. The molecule has 0 unspecified atom stereocenters. The third kappa shape index (κ3) is 2.84. The van der Waals surface area contributed by atoms with E-state index >= 15 is 0 Å². The molecule has 0 saturated carbocycles. The number of hydrogen-bond donors (Lipinski definition) is 1. The Hall–Kier alpha value is -3.30. The zero-order valence-electron chi connectivity index (χ0n) is 17.1. The molecule has 31 heavy (non-hydrogen) atoms. The van der Waals surface area contributed by atoms with Crippen molar-refractivity contribution in [2.24, 2.45) is 5.73 Å². The number of nitrogens with zero attached hydrogens (tertiary/aromatic N) is 5. The van der Waals surface area contributed by atoms with Crippen LogP contribution in [-0.2, 0) is 29.1 Å². The van der Waals surface area contributed by atoms with Gasteiger partial charge in [-0.25, -0.2) is 14.5 Å². The molecule has 0 aliphatic carbocycles. The summed E-state index contributed by atoms with van der Waals surface area (Å²) in [5.74, 6) is 0.205. The molecule has 0 bridgehead atoms. The molecule has 0 saturated heterocycles. The number of hydrogen-bond acceptors (Lipinski definition) is 6. The molecule has 5 heterocycles. The van der Waals surface area contributed by atoms with Crippen molar-refractivity contribution in [1.82, 2.24) is 24.1 Å². The summed E-state index contributed by atoms with van der Waals surface area (Å²) in [6.45, 7) is 4.91. The number of nitrogens with two attached hydrogens (primary N) is 1. The second kappa shape index (κ2) is 6.35. The van der Waals surface area contributed by atoms with Gasteiger partial charge in [-0.3, -0.25) is 4.79 Å². The Labute approximate surface area is 181 Å². The fraction of sp³-hybridized carbons (Fsp3) is 0.273. The topological polar surface area (TPSA) is 100 Å². The maximum Gasteiger partial charge on any atom is 0.237 e. The normalized spacial score (nSPS) is 15.7. The highest BCUT2D eigenvalue weighted by molar-refractivity contribution is 7.19. The maximum absolute atomic E-state index is 11.6. The van der Waals surface area contributed by atoms with Crippen molar-refractivity contribution in [2.45, 2.75) is 39.0 Å². The molecule has 1 aliphatic rings. The fourth-order valence-electron chi connectivity index (χ4n) is 4.38. The van der Waals surface area contributed by atoms with E-state index in [0.29, 0.717) is 12.4 Å². The number of benzene rings is 1. The lowest BCUT2D eigenvalue weighted by atomic mass is 9.94. The minimum atomic E-state index is -0.393. The molecule has 1 aromatic carbocycles. The summed E-state index contributed by atoms with van der Waals surface area (Å²) < 4.78 is 9.58. The lowest BCUT2D eigenvalue weighted by Crippen LogP contribution is -2.31. The highest BCUT2D eigenvalue weighted by Gasteiger charge is 2.31. The summed E-state index contributed by atoms with van der Waals surface area (Å²) >= 11 is 1.66. The first-order valence-electron chi connectivity index (χ1n) is 10.1. The van der Waals surface area contributed by atoms with Crippen LogP contribution >= 0.6 is 11.3 Å². The number of fused-ring (bicyclic) bond motifs is 6. The van der Waals surface area contributed by atoms with Crippen LogP contribution < -0.4 is 5.73 Å². The van der Waals surface area contributed by atoms with Gasteiger partial charge in [0.25, 0.3) is 0 Å². The van der Waals surface area contributed by atoms with Crippen LogP contribution in [0.15, 0.2) is 36.8 Å². The van der Waals surface area contributed by atoms with Gasteiger partial charge in [0.1, 0.15) is 17.7 Å². The molecule has 5 aromatic rings. The molecule has 8 nitrogen and oxygen atoms in total. The molecule has 0 radical (unpaired) electrons. The maximum atomic E-state index is 11.6. The van der Waals surface area contributed by atoms with Gasteiger partial charge in [0.2, 0.25) is 5.91 Å². The van der Waals surface area contributed by atoms with Crippen LogP contribution in [0.5, 0.6) is 0 Å². The van der Waals surface area contributed by atoms with Crippen molar-refractivity contribution in [3.8, 4) is 11.4 Å². The molecule has 156 valence electrons. The second-order valence-electron chi connectivity index (χ2n) is 8.51. The van der Waals surface area contributed by atoms with Crippen LogP contribution in [0.1, 0.15) is 24.3 Å². The van der Waals surface area contributed by atoms with Gasteiger partial charge in [-0.2, -0.15) is 0 Å². The third-order valence-electron chi connectivity index (χ3n) is 5.76. The van der Waals surface area contributed by atoms with Crippen molar-refractivity contribution in [3.05, 3.63) is 47.2 Å². The largest absolute Gasteiger partial charge is 0.370 e. The smallest absolute Gasteiger partial charge is 0.237 e. The molecular weight excluding hydrogens is 412 g/mol.